The maximum atomic E-state index is 3.75. The molecule has 0 amide bonds. The zero-order chi connectivity index (χ0) is 18.8. The average Bonchev–Trinajstić information content (AvgIpc) is 3.21. The molecular formula is C25H19NS2. The van der Waals surface area contributed by atoms with Crippen LogP contribution in [0.25, 0.3) is 15.7 Å². The lowest BCUT2D eigenvalue weighted by Gasteiger charge is -2.26. The molecule has 1 aliphatic carbocycles. The van der Waals surface area contributed by atoms with Crippen molar-refractivity contribution in [3.8, 4) is 0 Å². The molecule has 2 aliphatic rings. The normalized spacial score (nSPS) is 17.3. The number of hydrogen-bond acceptors (Lipinski definition) is 3. The van der Waals surface area contributed by atoms with Crippen molar-refractivity contribution >= 4 is 50.1 Å². The van der Waals surface area contributed by atoms with Crippen LogP contribution >= 0.6 is 23.1 Å². The molecule has 1 aromatic heterocycles. The molecule has 0 spiro atoms. The molecule has 3 aromatic carbocycles. The second-order valence-electron chi connectivity index (χ2n) is 7.52. The Balaban J connectivity index is 1.57. The van der Waals surface area contributed by atoms with Gasteiger partial charge in [0.15, 0.2) is 0 Å². The van der Waals surface area contributed by atoms with E-state index in [9.17, 15) is 0 Å². The lowest BCUT2D eigenvalue weighted by molar-refractivity contribution is 0.991. The molecule has 0 saturated heterocycles. The molecule has 3 heteroatoms. The predicted molar refractivity (Wildman–Crippen MR) is 122 cm³/mol. The van der Waals surface area contributed by atoms with Crippen LogP contribution in [0, 0.1) is 0 Å². The van der Waals surface area contributed by atoms with Gasteiger partial charge in [-0.2, -0.15) is 0 Å². The van der Waals surface area contributed by atoms with E-state index in [1.165, 1.54) is 58.4 Å². The van der Waals surface area contributed by atoms with Crippen molar-refractivity contribution in [2.45, 2.75) is 29.6 Å². The summed E-state index contributed by atoms with van der Waals surface area (Å²) in [6, 6.07) is 24.2. The van der Waals surface area contributed by atoms with Crippen molar-refractivity contribution in [3.05, 3.63) is 88.3 Å². The number of nitrogens with one attached hydrogen (secondary N) is 1. The fourth-order valence-corrected chi connectivity index (χ4v) is 7.04. The fourth-order valence-electron chi connectivity index (χ4n) is 4.56. The fraction of sp³-hybridized carbons (Fsp3) is 0.120. The van der Waals surface area contributed by atoms with Gasteiger partial charge in [-0.1, -0.05) is 59.8 Å². The Hall–Kier alpha value is -2.49. The molecule has 1 N–H and O–H groups in total. The molecule has 136 valence electrons. The summed E-state index contributed by atoms with van der Waals surface area (Å²) in [4.78, 5) is 4.11. The van der Waals surface area contributed by atoms with Crippen molar-refractivity contribution in [1.82, 2.24) is 0 Å². The summed E-state index contributed by atoms with van der Waals surface area (Å²) in [5.74, 6) is 0.334. The molecule has 0 bridgehead atoms. The van der Waals surface area contributed by atoms with Crippen LogP contribution in [0.3, 0.4) is 0 Å². The number of hydrogen-bond donors (Lipinski definition) is 1. The van der Waals surface area contributed by atoms with Gasteiger partial charge in [-0.3, -0.25) is 0 Å². The maximum absolute atomic E-state index is 3.75. The molecule has 1 aliphatic heterocycles. The van der Waals surface area contributed by atoms with Crippen LogP contribution in [0.1, 0.15) is 35.8 Å². The van der Waals surface area contributed by atoms with Gasteiger partial charge < -0.3 is 5.32 Å². The van der Waals surface area contributed by atoms with Gasteiger partial charge >= 0.3 is 0 Å². The van der Waals surface area contributed by atoms with E-state index < -0.39 is 0 Å². The topological polar surface area (TPSA) is 12.0 Å². The monoisotopic (exact) mass is 397 g/mol. The molecule has 1 atom stereocenters. The number of fused-ring (bicyclic) bond motifs is 5. The number of benzene rings is 3. The zero-order valence-electron chi connectivity index (χ0n) is 15.7. The third-order valence-electron chi connectivity index (χ3n) is 6.02. The van der Waals surface area contributed by atoms with E-state index >= 15 is 0 Å². The Morgan fingerprint density at radius 1 is 0.821 bits per heavy atom. The highest BCUT2D eigenvalue weighted by atomic mass is 32.2. The lowest BCUT2D eigenvalue weighted by atomic mass is 9.92. The molecule has 6 rings (SSSR count). The second-order valence-corrected chi connectivity index (χ2v) is 9.69. The highest BCUT2D eigenvalue weighted by molar-refractivity contribution is 7.99. The summed E-state index contributed by atoms with van der Waals surface area (Å²) in [5.41, 5.74) is 8.25. The Morgan fingerprint density at radius 3 is 2.54 bits per heavy atom. The van der Waals surface area contributed by atoms with Gasteiger partial charge in [0.1, 0.15) is 0 Å². The lowest BCUT2D eigenvalue weighted by Crippen LogP contribution is -2.07. The predicted octanol–water partition coefficient (Wildman–Crippen LogP) is 8.05. The third kappa shape index (κ3) is 2.20. The van der Waals surface area contributed by atoms with Crippen molar-refractivity contribution in [3.63, 3.8) is 0 Å². The largest absolute Gasteiger partial charge is 0.353 e. The molecule has 0 radical (unpaired) electrons. The summed E-state index contributed by atoms with van der Waals surface area (Å²) in [7, 11) is 0. The summed E-state index contributed by atoms with van der Waals surface area (Å²) in [6.45, 7) is 4.60. The first-order chi connectivity index (χ1) is 13.7. The smallest absolute Gasteiger partial charge is 0.0568 e. The quantitative estimate of drug-likeness (QED) is 0.307. The highest BCUT2D eigenvalue weighted by Gasteiger charge is 2.34. The van der Waals surface area contributed by atoms with Crippen LogP contribution in [-0.2, 0) is 0 Å². The Morgan fingerprint density at radius 2 is 1.61 bits per heavy atom. The first kappa shape index (κ1) is 16.5. The summed E-state index contributed by atoms with van der Waals surface area (Å²) in [6.07, 6.45) is 0. The minimum Gasteiger partial charge on any atom is -0.353 e. The zero-order valence-corrected chi connectivity index (χ0v) is 17.4. The first-order valence-corrected chi connectivity index (χ1v) is 11.2. The molecule has 1 nitrogen and oxygen atoms in total. The van der Waals surface area contributed by atoms with Crippen molar-refractivity contribution in [2.75, 3.05) is 5.32 Å². The van der Waals surface area contributed by atoms with E-state index in [1.54, 1.807) is 0 Å². The minimum atomic E-state index is 0.334. The number of allylic oxidation sites excluding steroid dienone is 2. The van der Waals surface area contributed by atoms with Crippen LogP contribution < -0.4 is 5.32 Å². The molecular weight excluding hydrogens is 378 g/mol. The minimum absolute atomic E-state index is 0.334. The number of para-hydroxylation sites is 2. The number of anilines is 2. The van der Waals surface area contributed by atoms with Gasteiger partial charge in [-0.25, -0.2) is 0 Å². The third-order valence-corrected chi connectivity index (χ3v) is 8.39. The van der Waals surface area contributed by atoms with Gasteiger partial charge in [0.2, 0.25) is 0 Å². The Kier molecular flexibility index (Phi) is 3.53. The maximum Gasteiger partial charge on any atom is 0.0568 e. The van der Waals surface area contributed by atoms with Crippen LogP contribution in [0.4, 0.5) is 11.4 Å². The molecule has 4 aromatic rings. The average molecular weight is 398 g/mol. The highest BCUT2D eigenvalue weighted by Crippen LogP contribution is 2.55. The van der Waals surface area contributed by atoms with Crippen LogP contribution in [0.15, 0.2) is 82.1 Å². The number of rotatable bonds is 1. The van der Waals surface area contributed by atoms with Gasteiger partial charge in [-0.05, 0) is 49.2 Å². The van der Waals surface area contributed by atoms with Crippen molar-refractivity contribution < 1.29 is 0 Å². The second kappa shape index (κ2) is 6.00. The summed E-state index contributed by atoms with van der Waals surface area (Å²) >= 11 is 3.83. The first-order valence-electron chi connectivity index (χ1n) is 9.58. The van der Waals surface area contributed by atoms with E-state index in [4.69, 9.17) is 0 Å². The van der Waals surface area contributed by atoms with E-state index in [0.717, 1.165) is 0 Å². The van der Waals surface area contributed by atoms with Crippen molar-refractivity contribution in [1.29, 1.82) is 0 Å². The molecule has 0 fully saturated rings. The van der Waals surface area contributed by atoms with Gasteiger partial charge in [0.05, 0.1) is 11.4 Å². The van der Waals surface area contributed by atoms with Gasteiger partial charge in [-0.15, -0.1) is 11.3 Å². The molecule has 2 heterocycles. The van der Waals surface area contributed by atoms with Crippen LogP contribution in [0.5, 0.6) is 0 Å². The van der Waals surface area contributed by atoms with E-state index in [1.807, 2.05) is 23.1 Å². The Labute approximate surface area is 173 Å². The van der Waals surface area contributed by atoms with Crippen LogP contribution in [0.2, 0.25) is 0 Å². The molecule has 1 unspecified atom stereocenters. The van der Waals surface area contributed by atoms with E-state index in [0.29, 0.717) is 5.92 Å². The standard InChI is InChI=1S/C25H19NS2/c1-14-15(2)23(25-22(14)16-8-3-5-11-19(16)28-25)17-9-7-13-21-24(17)26-18-10-4-6-12-20(18)27-21/h3-13,23,26H,1-2H3. The SMILES string of the molecule is CC1=C(C)C(c2cccc3c2Nc2ccccc2S3)c2sc3ccccc3c21. The number of thiophene rings is 1. The molecule has 28 heavy (non-hydrogen) atoms. The van der Waals surface area contributed by atoms with Crippen molar-refractivity contribution in [2.24, 2.45) is 0 Å². The Bertz CT molecular complexity index is 1300. The summed E-state index contributed by atoms with van der Waals surface area (Å²) < 4.78 is 1.39. The van der Waals surface area contributed by atoms with E-state index in [-0.39, 0.29) is 0 Å². The van der Waals surface area contributed by atoms with Gasteiger partial charge in [0, 0.05) is 36.2 Å². The van der Waals surface area contributed by atoms with Crippen LogP contribution in [-0.4, -0.2) is 0 Å². The summed E-state index contributed by atoms with van der Waals surface area (Å²) in [5, 5.41) is 5.15. The van der Waals surface area contributed by atoms with E-state index in [2.05, 4.69) is 85.9 Å². The van der Waals surface area contributed by atoms with Gasteiger partial charge in [0.25, 0.3) is 0 Å². The molecule has 0 saturated carbocycles.